The Kier molecular flexibility index (Phi) is 5.46. The van der Waals surface area contributed by atoms with Gasteiger partial charge >= 0.3 is 0 Å². The first kappa shape index (κ1) is 16.5. The number of rotatable bonds is 7. The van der Waals surface area contributed by atoms with Crippen LogP contribution in [0.5, 0.6) is 0 Å². The van der Waals surface area contributed by atoms with Crippen LogP contribution in [0, 0.1) is 0 Å². The average Bonchev–Trinajstić information content (AvgIpc) is 3.27. The molecule has 0 radical (unpaired) electrons. The highest BCUT2D eigenvalue weighted by Gasteiger charge is 2.18. The summed E-state index contributed by atoms with van der Waals surface area (Å²) >= 11 is 1.65. The van der Waals surface area contributed by atoms with Crippen LogP contribution in [0.15, 0.2) is 70.7 Å². The van der Waals surface area contributed by atoms with Crippen molar-refractivity contribution in [2.75, 3.05) is 13.6 Å². The third kappa shape index (κ3) is 4.34. The molecule has 0 unspecified atom stereocenters. The van der Waals surface area contributed by atoms with Gasteiger partial charge in [0, 0.05) is 4.88 Å². The molecule has 1 atom stereocenters. The number of carbonyl (C=O) groups is 1. The van der Waals surface area contributed by atoms with E-state index in [1.165, 1.54) is 0 Å². The van der Waals surface area contributed by atoms with Crippen LogP contribution < -0.4 is 5.32 Å². The van der Waals surface area contributed by atoms with Crippen molar-refractivity contribution in [2.45, 2.75) is 12.6 Å². The lowest BCUT2D eigenvalue weighted by Crippen LogP contribution is -2.37. The lowest BCUT2D eigenvalue weighted by Gasteiger charge is -2.20. The number of amides is 1. The van der Waals surface area contributed by atoms with E-state index in [1.807, 2.05) is 65.9 Å². The number of nitrogens with zero attached hydrogens (tertiary/aromatic N) is 1. The van der Waals surface area contributed by atoms with E-state index in [4.69, 9.17) is 4.42 Å². The Labute approximate surface area is 145 Å². The lowest BCUT2D eigenvalue weighted by molar-refractivity contribution is -0.122. The summed E-state index contributed by atoms with van der Waals surface area (Å²) in [6.07, 6.45) is 1.64. The molecule has 0 aliphatic rings. The number of furan rings is 1. The summed E-state index contributed by atoms with van der Waals surface area (Å²) in [4.78, 5) is 15.5. The van der Waals surface area contributed by atoms with Gasteiger partial charge in [-0.1, -0.05) is 36.4 Å². The molecule has 0 saturated carbocycles. The van der Waals surface area contributed by atoms with Gasteiger partial charge < -0.3 is 9.73 Å². The van der Waals surface area contributed by atoms with Crippen molar-refractivity contribution in [3.63, 3.8) is 0 Å². The molecular formula is C19H20N2O2S. The Hall–Kier alpha value is -2.37. The van der Waals surface area contributed by atoms with Crippen molar-refractivity contribution >= 4 is 17.2 Å². The summed E-state index contributed by atoms with van der Waals surface area (Å²) in [5.41, 5.74) is 1.09. The minimum atomic E-state index is -0.115. The van der Waals surface area contributed by atoms with Crippen molar-refractivity contribution in [1.29, 1.82) is 0 Å². The van der Waals surface area contributed by atoms with Gasteiger partial charge in [-0.25, -0.2) is 0 Å². The highest BCUT2D eigenvalue weighted by atomic mass is 32.1. The fourth-order valence-corrected chi connectivity index (χ4v) is 3.40. The van der Waals surface area contributed by atoms with Crippen molar-refractivity contribution in [1.82, 2.24) is 10.2 Å². The van der Waals surface area contributed by atoms with Gasteiger partial charge in [0.25, 0.3) is 0 Å². The molecule has 0 aliphatic heterocycles. The van der Waals surface area contributed by atoms with E-state index < -0.39 is 0 Å². The second-order valence-electron chi connectivity index (χ2n) is 5.68. The zero-order valence-corrected chi connectivity index (χ0v) is 14.3. The quantitative estimate of drug-likeness (QED) is 0.714. The highest BCUT2D eigenvalue weighted by Crippen LogP contribution is 2.25. The Morgan fingerprint density at radius 1 is 1.17 bits per heavy atom. The largest absolute Gasteiger partial charge is 0.468 e. The minimum absolute atomic E-state index is 0.00805. The topological polar surface area (TPSA) is 45.5 Å². The van der Waals surface area contributed by atoms with Crippen LogP contribution in [-0.2, 0) is 11.3 Å². The van der Waals surface area contributed by atoms with Gasteiger partial charge in [0.2, 0.25) is 5.91 Å². The first-order chi connectivity index (χ1) is 11.7. The van der Waals surface area contributed by atoms with E-state index in [0.717, 1.165) is 16.2 Å². The summed E-state index contributed by atoms with van der Waals surface area (Å²) in [6, 6.07) is 17.7. The van der Waals surface area contributed by atoms with Gasteiger partial charge in [0.1, 0.15) is 5.76 Å². The molecule has 3 rings (SSSR count). The van der Waals surface area contributed by atoms with Gasteiger partial charge in [-0.2, -0.15) is 0 Å². The fraction of sp³-hybridized carbons (Fsp3) is 0.211. The number of benzene rings is 1. The van der Waals surface area contributed by atoms with Crippen molar-refractivity contribution in [3.8, 4) is 0 Å². The first-order valence-corrected chi connectivity index (χ1v) is 8.69. The van der Waals surface area contributed by atoms with E-state index in [2.05, 4.69) is 11.4 Å². The molecule has 0 fully saturated rings. The van der Waals surface area contributed by atoms with E-state index in [1.54, 1.807) is 17.6 Å². The predicted octanol–water partition coefficient (Wildman–Crippen LogP) is 3.68. The molecule has 24 heavy (non-hydrogen) atoms. The van der Waals surface area contributed by atoms with Crippen LogP contribution in [0.1, 0.15) is 22.2 Å². The number of hydrogen-bond acceptors (Lipinski definition) is 4. The van der Waals surface area contributed by atoms with Gasteiger partial charge in [0.05, 0.1) is 25.4 Å². The van der Waals surface area contributed by atoms with Gasteiger partial charge in [-0.05, 0) is 36.2 Å². The SMILES string of the molecule is CN(CC(=O)N[C@@H](c1ccccc1)c1cccs1)Cc1ccco1. The van der Waals surface area contributed by atoms with E-state index in [9.17, 15) is 4.79 Å². The zero-order valence-electron chi connectivity index (χ0n) is 13.5. The van der Waals surface area contributed by atoms with Crippen LogP contribution in [0.25, 0.3) is 0 Å². The maximum absolute atomic E-state index is 12.5. The third-order valence-electron chi connectivity index (χ3n) is 3.69. The number of carbonyl (C=O) groups excluding carboxylic acids is 1. The summed E-state index contributed by atoms with van der Waals surface area (Å²) in [5.74, 6) is 0.842. The van der Waals surface area contributed by atoms with Crippen LogP contribution in [-0.4, -0.2) is 24.4 Å². The molecule has 2 aromatic heterocycles. The van der Waals surface area contributed by atoms with Crippen molar-refractivity contribution in [2.24, 2.45) is 0 Å². The molecule has 0 aliphatic carbocycles. The second-order valence-corrected chi connectivity index (χ2v) is 6.66. The van der Waals surface area contributed by atoms with Crippen molar-refractivity contribution in [3.05, 3.63) is 82.4 Å². The Balaban J connectivity index is 1.65. The van der Waals surface area contributed by atoms with Crippen molar-refractivity contribution < 1.29 is 9.21 Å². The summed E-state index contributed by atoms with van der Waals surface area (Å²) in [7, 11) is 1.91. The van der Waals surface area contributed by atoms with Gasteiger partial charge in [-0.3, -0.25) is 9.69 Å². The monoisotopic (exact) mass is 340 g/mol. The van der Waals surface area contributed by atoms with Gasteiger partial charge in [-0.15, -0.1) is 11.3 Å². The molecule has 0 saturated heterocycles. The number of hydrogen-bond donors (Lipinski definition) is 1. The van der Waals surface area contributed by atoms with Crippen LogP contribution >= 0.6 is 11.3 Å². The highest BCUT2D eigenvalue weighted by molar-refractivity contribution is 7.10. The molecule has 0 bridgehead atoms. The van der Waals surface area contributed by atoms with E-state index >= 15 is 0 Å². The molecule has 2 heterocycles. The minimum Gasteiger partial charge on any atom is -0.468 e. The Morgan fingerprint density at radius 2 is 2.00 bits per heavy atom. The van der Waals surface area contributed by atoms with Crippen LogP contribution in [0.3, 0.4) is 0 Å². The number of thiophene rings is 1. The molecule has 1 N–H and O–H groups in total. The summed E-state index contributed by atoms with van der Waals surface area (Å²) in [6.45, 7) is 0.921. The molecule has 1 amide bonds. The average molecular weight is 340 g/mol. The molecular weight excluding hydrogens is 320 g/mol. The maximum Gasteiger partial charge on any atom is 0.234 e. The number of nitrogens with one attached hydrogen (secondary N) is 1. The van der Waals surface area contributed by atoms with E-state index in [-0.39, 0.29) is 11.9 Å². The smallest absolute Gasteiger partial charge is 0.234 e. The second kappa shape index (κ2) is 7.95. The standard InChI is InChI=1S/C19H20N2O2S/c1-21(13-16-9-5-11-23-16)14-18(22)20-19(17-10-6-12-24-17)15-7-3-2-4-8-15/h2-12,19H,13-14H2,1H3,(H,20,22)/t19-/m0/s1. The fourth-order valence-electron chi connectivity index (χ4n) is 2.60. The molecule has 5 heteroatoms. The molecule has 4 nitrogen and oxygen atoms in total. The van der Waals surface area contributed by atoms with Crippen LogP contribution in [0.2, 0.25) is 0 Å². The third-order valence-corrected chi connectivity index (χ3v) is 4.62. The zero-order chi connectivity index (χ0) is 16.8. The van der Waals surface area contributed by atoms with Gasteiger partial charge in [0.15, 0.2) is 0 Å². The lowest BCUT2D eigenvalue weighted by atomic mass is 10.1. The summed E-state index contributed by atoms with van der Waals surface area (Å²) in [5, 5.41) is 5.17. The Bertz CT molecular complexity index is 739. The summed E-state index contributed by atoms with van der Waals surface area (Å²) < 4.78 is 5.32. The first-order valence-electron chi connectivity index (χ1n) is 7.81. The normalized spacial score (nSPS) is 12.2. The van der Waals surface area contributed by atoms with E-state index in [0.29, 0.717) is 13.1 Å². The predicted molar refractivity (Wildman–Crippen MR) is 95.8 cm³/mol. The molecule has 0 spiro atoms. The molecule has 124 valence electrons. The Morgan fingerprint density at radius 3 is 2.67 bits per heavy atom. The molecule has 3 aromatic rings. The maximum atomic E-state index is 12.5. The van der Waals surface area contributed by atoms with Crippen LogP contribution in [0.4, 0.5) is 0 Å². The molecule has 1 aromatic carbocycles. The number of likely N-dealkylation sites (N-methyl/N-ethyl adjacent to an activating group) is 1.